The van der Waals surface area contributed by atoms with E-state index < -0.39 is 17.7 Å². The molecule has 0 saturated heterocycles. The third-order valence-corrected chi connectivity index (χ3v) is 5.77. The first-order valence-corrected chi connectivity index (χ1v) is 11.3. The highest BCUT2D eigenvalue weighted by Gasteiger charge is 2.22. The number of alkyl carbamates (subject to hydrolysis) is 1. The molecule has 0 bridgehead atoms. The van der Waals surface area contributed by atoms with E-state index >= 15 is 0 Å². The quantitative estimate of drug-likeness (QED) is 0.455. The van der Waals surface area contributed by atoms with Gasteiger partial charge in [0.15, 0.2) is 0 Å². The summed E-state index contributed by atoms with van der Waals surface area (Å²) in [4.78, 5) is 26.8. The zero-order valence-electron chi connectivity index (χ0n) is 19.5. The Kier molecular flexibility index (Phi) is 8.74. The molecule has 7 nitrogen and oxygen atoms in total. The molecule has 0 aliphatic heterocycles. The van der Waals surface area contributed by atoms with Crippen molar-refractivity contribution in [2.45, 2.75) is 46.3 Å². The van der Waals surface area contributed by atoms with Gasteiger partial charge in [0.2, 0.25) is 0 Å². The van der Waals surface area contributed by atoms with Gasteiger partial charge in [-0.3, -0.25) is 4.79 Å². The maximum absolute atomic E-state index is 13.1. The summed E-state index contributed by atoms with van der Waals surface area (Å²) in [5.41, 5.74) is 3.01. The normalized spacial score (nSPS) is 13.1. The van der Waals surface area contributed by atoms with Crippen molar-refractivity contribution < 1.29 is 19.6 Å². The van der Waals surface area contributed by atoms with Crippen molar-refractivity contribution >= 4 is 35.2 Å². The Morgan fingerprint density at radius 2 is 1.91 bits per heavy atom. The molecular formula is C24H33N4O3S+. The molecule has 8 heteroatoms. The van der Waals surface area contributed by atoms with Crippen molar-refractivity contribution in [2.75, 3.05) is 13.6 Å². The lowest BCUT2D eigenvalue weighted by Gasteiger charge is -2.23. The van der Waals surface area contributed by atoms with Crippen molar-refractivity contribution in [1.29, 1.82) is 5.41 Å². The molecule has 2 amide bonds. The number of benzene rings is 1. The standard InChI is InChI=1S/C24H32N4O3S/c1-15(13-25)21(26-6)18-12-20(32-16(18)2)22(29)28-19(17-10-8-7-9-11-17)14-27-23(30)31-24(3,4)5/h7-13,19,25-26H,14H2,1-6H3,(H,27,30)(H,28,29)/p+1. The molecule has 5 N–H and O–H groups in total. The van der Waals surface area contributed by atoms with Gasteiger partial charge in [0.1, 0.15) is 11.3 Å². The number of rotatable bonds is 8. The minimum absolute atomic E-state index is 0.197. The van der Waals surface area contributed by atoms with E-state index in [1.165, 1.54) is 17.6 Å². The van der Waals surface area contributed by atoms with Crippen LogP contribution >= 0.6 is 11.3 Å². The van der Waals surface area contributed by atoms with Crippen LogP contribution in [0, 0.1) is 12.3 Å². The summed E-state index contributed by atoms with van der Waals surface area (Å²) in [6.07, 6.45) is 0.789. The van der Waals surface area contributed by atoms with E-state index in [9.17, 15) is 9.59 Å². The monoisotopic (exact) mass is 457 g/mol. The summed E-state index contributed by atoms with van der Waals surface area (Å²) < 4.78 is 5.32. The average Bonchev–Trinajstić information content (AvgIpc) is 3.12. The van der Waals surface area contributed by atoms with Crippen LogP contribution in [0.3, 0.4) is 0 Å². The zero-order valence-corrected chi connectivity index (χ0v) is 20.4. The predicted octanol–water partition coefficient (Wildman–Crippen LogP) is 3.63. The van der Waals surface area contributed by atoms with Crippen molar-refractivity contribution in [3.8, 4) is 0 Å². The number of nitrogens with two attached hydrogens (primary N) is 1. The minimum atomic E-state index is -0.601. The van der Waals surface area contributed by atoms with Crippen LogP contribution < -0.4 is 16.0 Å². The van der Waals surface area contributed by atoms with Crippen LogP contribution in [-0.2, 0) is 4.74 Å². The number of amides is 2. The molecule has 2 aromatic rings. The largest absolute Gasteiger partial charge is 0.444 e. The number of nitrogens with one attached hydrogen (secondary N) is 3. The third kappa shape index (κ3) is 7.03. The van der Waals surface area contributed by atoms with E-state index in [1.807, 2.05) is 62.6 Å². The lowest BCUT2D eigenvalue weighted by molar-refractivity contribution is -0.530. The minimum Gasteiger partial charge on any atom is -0.444 e. The van der Waals surface area contributed by atoms with Crippen LogP contribution in [0.1, 0.15) is 59.4 Å². The number of carbonyl (C=O) groups is 2. The lowest BCUT2D eigenvalue weighted by Crippen LogP contribution is -2.76. The third-order valence-electron chi connectivity index (χ3n) is 4.72. The molecule has 1 heterocycles. The van der Waals surface area contributed by atoms with Gasteiger partial charge in [0.25, 0.3) is 5.91 Å². The topological polar surface area (TPSA) is 108 Å². The summed E-state index contributed by atoms with van der Waals surface area (Å²) >= 11 is 1.41. The molecule has 0 saturated carbocycles. The Hall–Kier alpha value is -2.97. The molecule has 0 radical (unpaired) electrons. The fourth-order valence-corrected chi connectivity index (χ4v) is 4.14. The molecule has 0 aliphatic rings. The number of hydrogen-bond donors (Lipinski definition) is 4. The average molecular weight is 458 g/mol. The molecule has 0 fully saturated rings. The molecule has 1 aromatic heterocycles. The van der Waals surface area contributed by atoms with Crippen LogP contribution in [0.25, 0.3) is 5.70 Å². The number of allylic oxidation sites excluding steroid dienone is 1. The number of carbonyl (C=O) groups excluding carboxylic acids is 2. The summed E-state index contributed by atoms with van der Waals surface area (Å²) in [5, 5.41) is 15.3. The van der Waals surface area contributed by atoms with Crippen LogP contribution in [0.15, 0.2) is 42.0 Å². The van der Waals surface area contributed by atoms with Crippen molar-refractivity contribution in [3.63, 3.8) is 0 Å². The van der Waals surface area contributed by atoms with Gasteiger partial charge in [-0.15, -0.1) is 11.3 Å². The number of ether oxygens (including phenoxy) is 1. The van der Waals surface area contributed by atoms with Gasteiger partial charge in [0, 0.05) is 23.2 Å². The fraction of sp³-hybridized carbons (Fsp3) is 0.375. The fourth-order valence-electron chi connectivity index (χ4n) is 3.20. The molecule has 2 rings (SSSR count). The van der Waals surface area contributed by atoms with Gasteiger partial charge in [-0.2, -0.15) is 0 Å². The first-order chi connectivity index (χ1) is 15.1. The number of quaternary nitrogens is 1. The highest BCUT2D eigenvalue weighted by Crippen LogP contribution is 2.27. The second-order valence-corrected chi connectivity index (χ2v) is 9.69. The first-order valence-electron chi connectivity index (χ1n) is 10.5. The number of hydrogen-bond acceptors (Lipinski definition) is 5. The molecule has 1 atom stereocenters. The molecular weight excluding hydrogens is 424 g/mol. The molecule has 172 valence electrons. The maximum atomic E-state index is 13.1. The van der Waals surface area contributed by atoms with Crippen molar-refractivity contribution in [2.24, 2.45) is 0 Å². The summed E-state index contributed by atoms with van der Waals surface area (Å²) in [7, 11) is 1.92. The Morgan fingerprint density at radius 1 is 1.25 bits per heavy atom. The second kappa shape index (κ2) is 11.1. The van der Waals surface area contributed by atoms with E-state index in [0.29, 0.717) is 4.88 Å². The first kappa shape index (κ1) is 25.3. The van der Waals surface area contributed by atoms with E-state index in [0.717, 1.165) is 27.3 Å². The Labute approximate surface area is 193 Å². The van der Waals surface area contributed by atoms with Gasteiger partial charge >= 0.3 is 6.09 Å². The summed E-state index contributed by atoms with van der Waals surface area (Å²) in [6.45, 7) is 9.45. The smallest absolute Gasteiger partial charge is 0.407 e. The lowest BCUT2D eigenvalue weighted by atomic mass is 10.1. The Morgan fingerprint density at radius 3 is 2.47 bits per heavy atom. The van der Waals surface area contributed by atoms with Crippen molar-refractivity contribution in [3.05, 3.63) is 62.9 Å². The van der Waals surface area contributed by atoms with Crippen molar-refractivity contribution in [1.82, 2.24) is 10.6 Å². The molecule has 0 spiro atoms. The maximum Gasteiger partial charge on any atom is 0.407 e. The van der Waals surface area contributed by atoms with Crippen LogP contribution in [0.4, 0.5) is 4.79 Å². The van der Waals surface area contributed by atoms with E-state index in [-0.39, 0.29) is 12.5 Å². The Balaban J connectivity index is 2.23. The second-order valence-electron chi connectivity index (χ2n) is 8.43. The Bertz CT molecular complexity index is 990. The highest BCUT2D eigenvalue weighted by molar-refractivity contribution is 7.14. The molecule has 0 aliphatic carbocycles. The van der Waals surface area contributed by atoms with E-state index in [1.54, 1.807) is 20.8 Å². The van der Waals surface area contributed by atoms with Crippen LogP contribution in [-0.4, -0.2) is 37.4 Å². The SMILES string of the molecule is C[NH2+]C(=C(C)C=N)c1cc(C(=O)NC(CNC(=O)OC(C)(C)C)c2ccccc2)sc1C. The van der Waals surface area contributed by atoms with Gasteiger partial charge in [-0.05, 0) is 46.2 Å². The molecule has 1 aromatic carbocycles. The van der Waals surface area contributed by atoms with E-state index in [2.05, 4.69) is 10.6 Å². The molecule has 32 heavy (non-hydrogen) atoms. The summed E-state index contributed by atoms with van der Waals surface area (Å²) in [5.74, 6) is -0.216. The van der Waals surface area contributed by atoms with Gasteiger partial charge in [-0.1, -0.05) is 30.3 Å². The van der Waals surface area contributed by atoms with Gasteiger partial charge in [-0.25, -0.2) is 4.79 Å². The number of thiophene rings is 1. The van der Waals surface area contributed by atoms with Crippen LogP contribution in [0.5, 0.6) is 0 Å². The molecule has 1 unspecified atom stereocenters. The zero-order chi connectivity index (χ0) is 23.9. The van der Waals surface area contributed by atoms with E-state index in [4.69, 9.17) is 10.1 Å². The predicted molar refractivity (Wildman–Crippen MR) is 129 cm³/mol. The highest BCUT2D eigenvalue weighted by atomic mass is 32.1. The van der Waals surface area contributed by atoms with Gasteiger partial charge in [0.05, 0.1) is 23.5 Å². The van der Waals surface area contributed by atoms with Crippen LogP contribution in [0.2, 0.25) is 0 Å². The number of aryl methyl sites for hydroxylation is 1. The summed E-state index contributed by atoms with van der Waals surface area (Å²) in [6, 6.07) is 11.0. The van der Waals surface area contributed by atoms with Gasteiger partial charge < -0.3 is 26.1 Å².